The summed E-state index contributed by atoms with van der Waals surface area (Å²) in [5.41, 5.74) is 0.432. The molecule has 10 heavy (non-hydrogen) atoms. The lowest BCUT2D eigenvalue weighted by atomic mass is 9.75. The minimum absolute atomic E-state index is 0.0833. The number of ether oxygens (including phenoxy) is 1. The first-order chi connectivity index (χ1) is 4.21. The van der Waals surface area contributed by atoms with Gasteiger partial charge in [-0.15, -0.1) is 0 Å². The molecule has 60 valence electrons. The average Bonchev–Trinajstić information content (AvgIpc) is 2.05. The first-order valence-electron chi connectivity index (χ1n) is 3.91. The van der Waals surface area contributed by atoms with Crippen LogP contribution in [-0.2, 0) is 4.74 Å². The third-order valence-corrected chi connectivity index (χ3v) is 3.00. The van der Waals surface area contributed by atoms with Crippen molar-refractivity contribution in [2.75, 3.05) is 0 Å². The molecule has 0 aromatic carbocycles. The summed E-state index contributed by atoms with van der Waals surface area (Å²) in [5.74, 6) is 0. The molecule has 1 fully saturated rings. The Kier molecular flexibility index (Phi) is 1.27. The molecule has 1 heterocycles. The Balaban J connectivity index is 2.78. The summed E-state index contributed by atoms with van der Waals surface area (Å²) in [4.78, 5) is 0. The topological polar surface area (TPSA) is 12.5 Å². The molecule has 1 rings (SSSR count). The summed E-state index contributed by atoms with van der Waals surface area (Å²) < 4.78 is 5.66. The van der Waals surface area contributed by atoms with Gasteiger partial charge in [0, 0.05) is 0 Å². The Morgan fingerprint density at radius 3 is 1.30 bits per heavy atom. The maximum absolute atomic E-state index is 5.66. The summed E-state index contributed by atoms with van der Waals surface area (Å²) in [7, 11) is 0. The minimum Gasteiger partial charge on any atom is -0.363 e. The SMILES string of the molecule is CC(C)(C)[C@@]1(C)OC1(C)C. The van der Waals surface area contributed by atoms with Gasteiger partial charge in [0.1, 0.15) is 0 Å². The predicted molar refractivity (Wildman–Crippen MR) is 43.0 cm³/mol. The monoisotopic (exact) mass is 142 g/mol. The van der Waals surface area contributed by atoms with Crippen LogP contribution >= 0.6 is 0 Å². The summed E-state index contributed by atoms with van der Waals surface area (Å²) >= 11 is 0. The number of hydrogen-bond donors (Lipinski definition) is 0. The molecule has 1 aliphatic rings. The van der Waals surface area contributed by atoms with E-state index in [0.29, 0.717) is 0 Å². The molecule has 0 N–H and O–H groups in total. The van der Waals surface area contributed by atoms with Crippen LogP contribution in [0.25, 0.3) is 0 Å². The molecule has 0 unspecified atom stereocenters. The molecular formula is C9H18O. The van der Waals surface area contributed by atoms with E-state index >= 15 is 0 Å². The second kappa shape index (κ2) is 1.58. The van der Waals surface area contributed by atoms with Gasteiger partial charge in [-0.3, -0.25) is 0 Å². The van der Waals surface area contributed by atoms with E-state index < -0.39 is 0 Å². The first-order valence-corrected chi connectivity index (χ1v) is 3.91. The van der Waals surface area contributed by atoms with Crippen LogP contribution in [0.5, 0.6) is 0 Å². The van der Waals surface area contributed by atoms with E-state index in [1.807, 2.05) is 0 Å². The van der Waals surface area contributed by atoms with Crippen molar-refractivity contribution in [1.29, 1.82) is 0 Å². The van der Waals surface area contributed by atoms with E-state index in [-0.39, 0.29) is 16.6 Å². The van der Waals surface area contributed by atoms with Crippen molar-refractivity contribution in [3.05, 3.63) is 0 Å². The summed E-state index contributed by atoms with van der Waals surface area (Å²) in [6, 6.07) is 0. The molecule has 0 saturated carbocycles. The lowest BCUT2D eigenvalue weighted by Crippen LogP contribution is -2.32. The van der Waals surface area contributed by atoms with Gasteiger partial charge >= 0.3 is 0 Å². The van der Waals surface area contributed by atoms with Crippen molar-refractivity contribution >= 4 is 0 Å². The molecule has 0 aromatic heterocycles. The van der Waals surface area contributed by atoms with Gasteiger partial charge in [-0.05, 0) is 26.2 Å². The first kappa shape index (κ1) is 8.06. The van der Waals surface area contributed by atoms with Crippen LogP contribution in [-0.4, -0.2) is 11.2 Å². The zero-order valence-electron chi connectivity index (χ0n) is 7.91. The van der Waals surface area contributed by atoms with E-state index in [2.05, 4.69) is 41.5 Å². The Hall–Kier alpha value is -0.0400. The molecule has 0 bridgehead atoms. The van der Waals surface area contributed by atoms with Crippen LogP contribution in [0.1, 0.15) is 41.5 Å². The molecule has 1 nitrogen and oxygen atoms in total. The van der Waals surface area contributed by atoms with Crippen molar-refractivity contribution in [1.82, 2.24) is 0 Å². The number of epoxide rings is 1. The molecule has 1 heteroatoms. The Morgan fingerprint density at radius 1 is 1.00 bits per heavy atom. The Morgan fingerprint density at radius 2 is 1.30 bits per heavy atom. The van der Waals surface area contributed by atoms with Crippen molar-refractivity contribution in [3.8, 4) is 0 Å². The van der Waals surface area contributed by atoms with Gasteiger partial charge in [-0.25, -0.2) is 0 Å². The van der Waals surface area contributed by atoms with Gasteiger partial charge in [0.2, 0.25) is 0 Å². The standard InChI is InChI=1S/C9H18O/c1-7(2,3)9(6)8(4,5)10-9/h1-6H3/t9-/m1/s1. The van der Waals surface area contributed by atoms with Crippen molar-refractivity contribution < 1.29 is 4.74 Å². The average molecular weight is 142 g/mol. The fourth-order valence-electron chi connectivity index (χ4n) is 1.54. The highest BCUT2D eigenvalue weighted by Crippen LogP contribution is 2.57. The highest BCUT2D eigenvalue weighted by molar-refractivity contribution is 5.13. The maximum Gasteiger partial charge on any atom is 0.0994 e. The second-order valence-corrected chi connectivity index (χ2v) is 4.90. The van der Waals surface area contributed by atoms with Gasteiger partial charge in [-0.1, -0.05) is 20.8 Å². The smallest absolute Gasteiger partial charge is 0.0994 e. The molecule has 0 amide bonds. The quantitative estimate of drug-likeness (QED) is 0.474. The van der Waals surface area contributed by atoms with E-state index in [4.69, 9.17) is 4.74 Å². The normalized spacial score (nSPS) is 37.8. The molecule has 1 aliphatic heterocycles. The zero-order valence-corrected chi connectivity index (χ0v) is 7.91. The number of rotatable bonds is 0. The third-order valence-electron chi connectivity index (χ3n) is 3.00. The van der Waals surface area contributed by atoms with E-state index in [9.17, 15) is 0 Å². The number of hydrogen-bond acceptors (Lipinski definition) is 1. The molecule has 0 aromatic rings. The highest BCUT2D eigenvalue weighted by atomic mass is 16.6. The fourth-order valence-corrected chi connectivity index (χ4v) is 1.54. The van der Waals surface area contributed by atoms with Gasteiger partial charge < -0.3 is 4.74 Å². The van der Waals surface area contributed by atoms with E-state index in [0.717, 1.165) is 0 Å². The van der Waals surface area contributed by atoms with Crippen molar-refractivity contribution in [3.63, 3.8) is 0 Å². The Labute approximate surface area is 63.8 Å². The molecule has 0 radical (unpaired) electrons. The van der Waals surface area contributed by atoms with Gasteiger partial charge in [0.05, 0.1) is 11.2 Å². The molecule has 0 spiro atoms. The molecular weight excluding hydrogens is 124 g/mol. The molecule has 1 atom stereocenters. The second-order valence-electron chi connectivity index (χ2n) is 4.90. The van der Waals surface area contributed by atoms with Crippen LogP contribution in [0.2, 0.25) is 0 Å². The highest BCUT2D eigenvalue weighted by Gasteiger charge is 2.65. The van der Waals surface area contributed by atoms with Crippen molar-refractivity contribution in [2.24, 2.45) is 5.41 Å². The van der Waals surface area contributed by atoms with Gasteiger partial charge in [0.25, 0.3) is 0 Å². The van der Waals surface area contributed by atoms with E-state index in [1.165, 1.54) is 0 Å². The largest absolute Gasteiger partial charge is 0.363 e. The predicted octanol–water partition coefficient (Wildman–Crippen LogP) is 2.60. The summed E-state index contributed by atoms with van der Waals surface area (Å²) in [6.07, 6.45) is 0. The minimum atomic E-state index is 0.0833. The third kappa shape index (κ3) is 0.800. The van der Waals surface area contributed by atoms with Crippen LogP contribution in [0.3, 0.4) is 0 Å². The Bertz CT molecular complexity index is 153. The molecule has 1 saturated heterocycles. The van der Waals surface area contributed by atoms with Crippen LogP contribution < -0.4 is 0 Å². The molecule has 0 aliphatic carbocycles. The van der Waals surface area contributed by atoms with Gasteiger partial charge in [0.15, 0.2) is 0 Å². The lowest BCUT2D eigenvalue weighted by molar-refractivity contribution is 0.171. The van der Waals surface area contributed by atoms with Crippen molar-refractivity contribution in [2.45, 2.75) is 52.7 Å². The van der Waals surface area contributed by atoms with Crippen LogP contribution in [0.4, 0.5) is 0 Å². The maximum atomic E-state index is 5.66. The summed E-state index contributed by atoms with van der Waals surface area (Å²) in [5, 5.41) is 0. The van der Waals surface area contributed by atoms with E-state index in [1.54, 1.807) is 0 Å². The summed E-state index contributed by atoms with van der Waals surface area (Å²) in [6.45, 7) is 13.2. The van der Waals surface area contributed by atoms with Crippen LogP contribution in [0.15, 0.2) is 0 Å². The lowest BCUT2D eigenvalue weighted by Gasteiger charge is -2.25. The zero-order chi connectivity index (χ0) is 8.21. The van der Waals surface area contributed by atoms with Crippen LogP contribution in [0, 0.1) is 5.41 Å². The fraction of sp³-hybridized carbons (Fsp3) is 1.00. The van der Waals surface area contributed by atoms with Gasteiger partial charge in [-0.2, -0.15) is 0 Å².